The fourth-order valence-corrected chi connectivity index (χ4v) is 2.80. The summed E-state index contributed by atoms with van der Waals surface area (Å²) in [6.45, 7) is 7.50. The largest absolute Gasteiger partial charge is 0.355 e. The molecule has 1 fully saturated rings. The molecule has 0 bridgehead atoms. The van der Waals surface area contributed by atoms with Gasteiger partial charge in [-0.1, -0.05) is 46.0 Å². The van der Waals surface area contributed by atoms with Crippen LogP contribution in [0.2, 0.25) is 0 Å². The maximum Gasteiger partial charge on any atom is 0.234 e. The Labute approximate surface area is 112 Å². The van der Waals surface area contributed by atoms with Gasteiger partial charge < -0.3 is 5.32 Å². The molecule has 1 aliphatic rings. The molecule has 0 aromatic rings. The van der Waals surface area contributed by atoms with Crippen molar-refractivity contribution >= 4 is 5.91 Å². The first-order chi connectivity index (χ1) is 8.76. The van der Waals surface area contributed by atoms with Crippen LogP contribution in [0.4, 0.5) is 0 Å². The van der Waals surface area contributed by atoms with Crippen molar-refractivity contribution in [3.63, 3.8) is 0 Å². The maximum atomic E-state index is 11.7. The van der Waals surface area contributed by atoms with E-state index < -0.39 is 0 Å². The van der Waals surface area contributed by atoms with Gasteiger partial charge in [0.25, 0.3) is 0 Å². The van der Waals surface area contributed by atoms with E-state index in [0.717, 1.165) is 32.0 Å². The lowest BCUT2D eigenvalue weighted by atomic mass is 9.86. The molecular formula is C15H30N2O. The molecule has 0 aromatic heterocycles. The molecule has 1 rings (SSSR count). The van der Waals surface area contributed by atoms with E-state index in [2.05, 4.69) is 24.1 Å². The second kappa shape index (κ2) is 9.37. The van der Waals surface area contributed by atoms with Crippen LogP contribution < -0.4 is 5.32 Å². The van der Waals surface area contributed by atoms with Crippen molar-refractivity contribution in [2.24, 2.45) is 5.92 Å². The lowest BCUT2D eigenvalue weighted by molar-refractivity contribution is -0.122. The average molecular weight is 254 g/mol. The highest BCUT2D eigenvalue weighted by Gasteiger charge is 2.13. The fraction of sp³-hybridized carbons (Fsp3) is 0.933. The number of carbonyl (C=O) groups excluding carboxylic acids is 1. The Balaban J connectivity index is 2.01. The fourth-order valence-electron chi connectivity index (χ4n) is 2.80. The van der Waals surface area contributed by atoms with Crippen molar-refractivity contribution < 1.29 is 4.79 Å². The number of rotatable bonds is 8. The van der Waals surface area contributed by atoms with E-state index in [0.29, 0.717) is 6.54 Å². The standard InChI is InChI=1S/C15H30N2O/c1-3-17(4-2)13-15(18)16-12-8-11-14-9-6-5-7-10-14/h14H,3-13H2,1-2H3,(H,16,18). The van der Waals surface area contributed by atoms with Gasteiger partial charge in [-0.15, -0.1) is 0 Å². The summed E-state index contributed by atoms with van der Waals surface area (Å²) in [5.74, 6) is 1.11. The molecule has 0 aliphatic heterocycles. The molecule has 18 heavy (non-hydrogen) atoms. The van der Waals surface area contributed by atoms with Gasteiger partial charge in [0.05, 0.1) is 6.54 Å². The quantitative estimate of drug-likeness (QED) is 0.676. The normalized spacial score (nSPS) is 17.1. The first kappa shape index (κ1) is 15.5. The zero-order valence-corrected chi connectivity index (χ0v) is 12.2. The molecule has 0 heterocycles. The summed E-state index contributed by atoms with van der Waals surface area (Å²) in [7, 11) is 0. The Morgan fingerprint density at radius 3 is 2.44 bits per heavy atom. The molecule has 0 radical (unpaired) electrons. The summed E-state index contributed by atoms with van der Waals surface area (Å²) in [6, 6.07) is 0. The molecule has 3 nitrogen and oxygen atoms in total. The first-order valence-corrected chi connectivity index (χ1v) is 7.75. The molecule has 1 amide bonds. The Kier molecular flexibility index (Phi) is 8.06. The summed E-state index contributed by atoms with van der Waals surface area (Å²) in [6.07, 6.45) is 9.52. The molecule has 3 heteroatoms. The van der Waals surface area contributed by atoms with Gasteiger partial charge >= 0.3 is 0 Å². The average Bonchev–Trinajstić information content (AvgIpc) is 2.42. The summed E-state index contributed by atoms with van der Waals surface area (Å²) in [5.41, 5.74) is 0. The van der Waals surface area contributed by atoms with Crippen molar-refractivity contribution in [2.45, 2.75) is 58.8 Å². The molecule has 0 unspecified atom stereocenters. The van der Waals surface area contributed by atoms with Crippen molar-refractivity contribution in [2.75, 3.05) is 26.2 Å². The first-order valence-electron chi connectivity index (χ1n) is 7.75. The molecule has 1 aliphatic carbocycles. The number of nitrogens with one attached hydrogen (secondary N) is 1. The van der Waals surface area contributed by atoms with Crippen molar-refractivity contribution in [1.29, 1.82) is 0 Å². The van der Waals surface area contributed by atoms with Gasteiger partial charge in [-0.25, -0.2) is 0 Å². The number of hydrogen-bond acceptors (Lipinski definition) is 2. The van der Waals surface area contributed by atoms with Gasteiger partial charge in [-0.05, 0) is 31.8 Å². The van der Waals surface area contributed by atoms with E-state index in [9.17, 15) is 4.79 Å². The minimum absolute atomic E-state index is 0.183. The van der Waals surface area contributed by atoms with Crippen LogP contribution in [0.3, 0.4) is 0 Å². The van der Waals surface area contributed by atoms with Crippen molar-refractivity contribution in [1.82, 2.24) is 10.2 Å². The SMILES string of the molecule is CCN(CC)CC(=O)NCCCC1CCCCC1. The van der Waals surface area contributed by atoms with Crippen LogP contribution in [0.15, 0.2) is 0 Å². The van der Waals surface area contributed by atoms with E-state index in [1.165, 1.54) is 38.5 Å². The molecule has 0 spiro atoms. The molecule has 0 atom stereocenters. The van der Waals surface area contributed by atoms with Crippen LogP contribution in [0.1, 0.15) is 58.8 Å². The third kappa shape index (κ3) is 6.39. The Morgan fingerprint density at radius 1 is 1.17 bits per heavy atom. The Morgan fingerprint density at radius 2 is 1.83 bits per heavy atom. The summed E-state index contributed by atoms with van der Waals surface area (Å²) in [4.78, 5) is 13.8. The van der Waals surface area contributed by atoms with E-state index in [1.807, 2.05) is 0 Å². The highest BCUT2D eigenvalue weighted by atomic mass is 16.2. The molecule has 0 aromatic carbocycles. The summed E-state index contributed by atoms with van der Waals surface area (Å²) >= 11 is 0. The predicted octanol–water partition coefficient (Wildman–Crippen LogP) is 2.80. The Hall–Kier alpha value is -0.570. The van der Waals surface area contributed by atoms with Crippen molar-refractivity contribution in [3.8, 4) is 0 Å². The lowest BCUT2D eigenvalue weighted by Gasteiger charge is -2.21. The predicted molar refractivity (Wildman–Crippen MR) is 76.6 cm³/mol. The maximum absolute atomic E-state index is 11.7. The lowest BCUT2D eigenvalue weighted by Crippen LogP contribution is -2.37. The number of nitrogens with zero attached hydrogens (tertiary/aromatic N) is 1. The van der Waals surface area contributed by atoms with Crippen LogP contribution in [0.5, 0.6) is 0 Å². The van der Waals surface area contributed by atoms with Gasteiger partial charge in [0.15, 0.2) is 0 Å². The topological polar surface area (TPSA) is 32.3 Å². The molecule has 1 saturated carbocycles. The molecule has 106 valence electrons. The van der Waals surface area contributed by atoms with Crippen LogP contribution in [0.25, 0.3) is 0 Å². The van der Waals surface area contributed by atoms with E-state index >= 15 is 0 Å². The van der Waals surface area contributed by atoms with Crippen molar-refractivity contribution in [3.05, 3.63) is 0 Å². The zero-order valence-electron chi connectivity index (χ0n) is 12.2. The van der Waals surface area contributed by atoms with Gasteiger partial charge in [-0.3, -0.25) is 9.69 Å². The van der Waals surface area contributed by atoms with Crippen LogP contribution >= 0.6 is 0 Å². The molecular weight excluding hydrogens is 224 g/mol. The van der Waals surface area contributed by atoms with Crippen LogP contribution in [-0.2, 0) is 4.79 Å². The van der Waals surface area contributed by atoms with Crippen LogP contribution in [0, 0.1) is 5.92 Å². The van der Waals surface area contributed by atoms with E-state index in [4.69, 9.17) is 0 Å². The molecule has 1 N–H and O–H groups in total. The van der Waals surface area contributed by atoms with Crippen LogP contribution in [-0.4, -0.2) is 37.0 Å². The van der Waals surface area contributed by atoms with Gasteiger partial charge in [0.2, 0.25) is 5.91 Å². The van der Waals surface area contributed by atoms with Gasteiger partial charge in [0.1, 0.15) is 0 Å². The second-order valence-corrected chi connectivity index (χ2v) is 5.46. The highest BCUT2D eigenvalue weighted by Crippen LogP contribution is 2.26. The highest BCUT2D eigenvalue weighted by molar-refractivity contribution is 5.77. The minimum Gasteiger partial charge on any atom is -0.355 e. The van der Waals surface area contributed by atoms with E-state index in [-0.39, 0.29) is 5.91 Å². The second-order valence-electron chi connectivity index (χ2n) is 5.46. The van der Waals surface area contributed by atoms with Gasteiger partial charge in [-0.2, -0.15) is 0 Å². The number of amides is 1. The van der Waals surface area contributed by atoms with E-state index in [1.54, 1.807) is 0 Å². The number of likely N-dealkylation sites (N-methyl/N-ethyl adjacent to an activating group) is 1. The zero-order chi connectivity index (χ0) is 13.2. The third-order valence-corrected chi connectivity index (χ3v) is 4.10. The van der Waals surface area contributed by atoms with Gasteiger partial charge in [0, 0.05) is 6.54 Å². The third-order valence-electron chi connectivity index (χ3n) is 4.10. The molecule has 0 saturated heterocycles. The summed E-state index contributed by atoms with van der Waals surface area (Å²) in [5, 5.41) is 3.04. The number of hydrogen-bond donors (Lipinski definition) is 1. The smallest absolute Gasteiger partial charge is 0.234 e. The minimum atomic E-state index is 0.183. The summed E-state index contributed by atoms with van der Waals surface area (Å²) < 4.78 is 0. The Bertz CT molecular complexity index is 221. The number of carbonyl (C=O) groups is 1. The monoisotopic (exact) mass is 254 g/mol.